The molecule has 2 aromatic carbocycles. The average molecular weight is 400 g/mol. The number of allylic oxidation sites excluding steroid dienone is 1. The van der Waals surface area contributed by atoms with Gasteiger partial charge in [-0.1, -0.05) is 53.7 Å². The maximum Gasteiger partial charge on any atom is 0.192 e. The molecule has 5 nitrogen and oxygen atoms in total. The molecule has 0 saturated heterocycles. The first-order valence-corrected chi connectivity index (χ1v) is 9.90. The van der Waals surface area contributed by atoms with Crippen LogP contribution in [0, 0.1) is 0 Å². The number of rotatable bonds is 6. The number of benzene rings is 2. The quantitative estimate of drug-likeness (QED) is 0.435. The Balaban J connectivity index is 1.55. The summed E-state index contributed by atoms with van der Waals surface area (Å²) in [5.74, 6) is 2.95. The first-order valence-electron chi connectivity index (χ1n) is 8.54. The Morgan fingerprint density at radius 2 is 2.04 bits per heavy atom. The van der Waals surface area contributed by atoms with Gasteiger partial charge in [0.15, 0.2) is 28.6 Å². The lowest BCUT2D eigenvalue weighted by Gasteiger charge is -2.26. The molecule has 0 amide bonds. The molecule has 3 aromatic rings. The summed E-state index contributed by atoms with van der Waals surface area (Å²) in [4.78, 5) is 0. The summed E-state index contributed by atoms with van der Waals surface area (Å²) in [6.45, 7) is 4.85. The lowest BCUT2D eigenvalue weighted by molar-refractivity contribution is 0.0821. The predicted octanol–water partition coefficient (Wildman–Crippen LogP) is 4.92. The molecule has 1 aliphatic heterocycles. The van der Waals surface area contributed by atoms with E-state index in [-0.39, 0.29) is 6.10 Å². The zero-order valence-corrected chi connectivity index (χ0v) is 16.1. The van der Waals surface area contributed by atoms with Crippen molar-refractivity contribution in [2.45, 2.75) is 23.6 Å². The molecule has 0 aliphatic carbocycles. The van der Waals surface area contributed by atoms with Crippen LogP contribution in [0.1, 0.15) is 17.5 Å². The van der Waals surface area contributed by atoms with Crippen molar-refractivity contribution in [1.82, 2.24) is 14.8 Å². The second-order valence-corrected chi connectivity index (χ2v) is 7.40. The van der Waals surface area contributed by atoms with E-state index in [4.69, 9.17) is 21.1 Å². The summed E-state index contributed by atoms with van der Waals surface area (Å²) < 4.78 is 13.9. The summed E-state index contributed by atoms with van der Waals surface area (Å²) in [7, 11) is 0. The summed E-state index contributed by atoms with van der Waals surface area (Å²) in [6.07, 6.45) is 1.52. The second-order valence-electron chi connectivity index (χ2n) is 6.02. The molecular formula is C20H18ClN3O2S. The molecule has 2 heterocycles. The van der Waals surface area contributed by atoms with Crippen LogP contribution in [0.15, 0.2) is 66.3 Å². The van der Waals surface area contributed by atoms with E-state index in [0.717, 1.165) is 38.8 Å². The number of hydrogen-bond acceptors (Lipinski definition) is 5. The second kappa shape index (κ2) is 8.06. The van der Waals surface area contributed by atoms with Gasteiger partial charge in [-0.25, -0.2) is 0 Å². The third-order valence-corrected chi connectivity index (χ3v) is 5.38. The molecule has 0 radical (unpaired) electrons. The van der Waals surface area contributed by atoms with Crippen LogP contribution in [-0.4, -0.2) is 21.4 Å². The number of hydrogen-bond donors (Lipinski definition) is 0. The molecule has 1 atom stereocenters. The first-order chi connectivity index (χ1) is 13.2. The van der Waals surface area contributed by atoms with E-state index in [2.05, 4.69) is 16.8 Å². The number of thioether (sulfide) groups is 1. The van der Waals surface area contributed by atoms with Crippen molar-refractivity contribution in [3.63, 3.8) is 0 Å². The Labute approximate surface area is 167 Å². The number of halogens is 1. The average Bonchev–Trinajstić information content (AvgIpc) is 3.09. The van der Waals surface area contributed by atoms with Gasteiger partial charge in [-0.2, -0.15) is 0 Å². The highest BCUT2D eigenvalue weighted by Crippen LogP contribution is 2.36. The summed E-state index contributed by atoms with van der Waals surface area (Å²) in [5.41, 5.74) is 1.13. The molecule has 1 unspecified atom stereocenters. The van der Waals surface area contributed by atoms with Crippen LogP contribution >= 0.6 is 23.4 Å². The van der Waals surface area contributed by atoms with Crippen molar-refractivity contribution in [3.8, 4) is 11.5 Å². The van der Waals surface area contributed by atoms with Crippen molar-refractivity contribution in [2.75, 3.05) is 6.61 Å². The number of para-hydroxylation sites is 2. The molecule has 4 rings (SSSR count). The Morgan fingerprint density at radius 1 is 1.19 bits per heavy atom. The minimum absolute atomic E-state index is 0.312. The Hall–Kier alpha value is -2.44. The zero-order valence-electron chi connectivity index (χ0n) is 14.5. The van der Waals surface area contributed by atoms with Gasteiger partial charge in [0, 0.05) is 17.3 Å². The smallest absolute Gasteiger partial charge is 0.192 e. The van der Waals surface area contributed by atoms with Crippen molar-refractivity contribution in [1.29, 1.82) is 0 Å². The minimum atomic E-state index is -0.312. The topological polar surface area (TPSA) is 49.2 Å². The molecule has 27 heavy (non-hydrogen) atoms. The zero-order chi connectivity index (χ0) is 18.6. The molecule has 0 fully saturated rings. The van der Waals surface area contributed by atoms with Crippen LogP contribution in [0.2, 0.25) is 5.02 Å². The number of aromatic nitrogens is 3. The predicted molar refractivity (Wildman–Crippen MR) is 107 cm³/mol. The van der Waals surface area contributed by atoms with E-state index in [1.807, 2.05) is 59.2 Å². The Kier molecular flexibility index (Phi) is 5.36. The van der Waals surface area contributed by atoms with Gasteiger partial charge in [-0.15, -0.1) is 16.8 Å². The standard InChI is InChI=1S/C20H18ClN3O2S/c1-2-10-24-19(18-12-25-16-8-3-4-9-17(16)26-18)22-23-20(24)27-13-14-6-5-7-15(21)11-14/h2-9,11,18H,1,10,12-13H2. The SMILES string of the molecule is C=CCn1c(SCc2cccc(Cl)c2)nnc1C1COc2ccccc2O1. The van der Waals surface area contributed by atoms with Crippen molar-refractivity contribution in [3.05, 3.63) is 77.6 Å². The van der Waals surface area contributed by atoms with Crippen LogP contribution in [0.5, 0.6) is 11.5 Å². The maximum absolute atomic E-state index is 6.09. The van der Waals surface area contributed by atoms with Crippen molar-refractivity contribution >= 4 is 23.4 Å². The molecular weight excluding hydrogens is 382 g/mol. The lowest BCUT2D eigenvalue weighted by Crippen LogP contribution is -2.25. The van der Waals surface area contributed by atoms with Gasteiger partial charge in [0.1, 0.15) is 6.61 Å². The van der Waals surface area contributed by atoms with Crippen molar-refractivity contribution < 1.29 is 9.47 Å². The van der Waals surface area contributed by atoms with Gasteiger partial charge in [0.05, 0.1) is 0 Å². The third kappa shape index (κ3) is 3.96. The molecule has 0 saturated carbocycles. The lowest BCUT2D eigenvalue weighted by atomic mass is 10.2. The normalized spacial score (nSPS) is 15.5. The molecule has 0 bridgehead atoms. The fourth-order valence-corrected chi connectivity index (χ4v) is 3.98. The first kappa shape index (κ1) is 17.9. The number of fused-ring (bicyclic) bond motifs is 1. The van der Waals surface area contributed by atoms with E-state index < -0.39 is 0 Å². The van der Waals surface area contributed by atoms with Gasteiger partial charge in [0.25, 0.3) is 0 Å². The van der Waals surface area contributed by atoms with Gasteiger partial charge >= 0.3 is 0 Å². The summed E-state index contributed by atoms with van der Waals surface area (Å²) in [5, 5.41) is 10.3. The van der Waals surface area contributed by atoms with Crippen molar-refractivity contribution in [2.24, 2.45) is 0 Å². The highest BCUT2D eigenvalue weighted by Gasteiger charge is 2.28. The van der Waals surface area contributed by atoms with E-state index in [1.54, 1.807) is 11.8 Å². The highest BCUT2D eigenvalue weighted by molar-refractivity contribution is 7.98. The van der Waals surface area contributed by atoms with Crippen LogP contribution < -0.4 is 9.47 Å². The Bertz CT molecular complexity index is 960. The van der Waals surface area contributed by atoms with Crippen LogP contribution in [-0.2, 0) is 12.3 Å². The number of nitrogens with zero attached hydrogens (tertiary/aromatic N) is 3. The van der Waals surface area contributed by atoms with E-state index in [9.17, 15) is 0 Å². The van der Waals surface area contributed by atoms with Crippen LogP contribution in [0.3, 0.4) is 0 Å². The van der Waals surface area contributed by atoms with Crippen LogP contribution in [0.25, 0.3) is 0 Å². The minimum Gasteiger partial charge on any atom is -0.485 e. The third-order valence-electron chi connectivity index (χ3n) is 4.11. The monoisotopic (exact) mass is 399 g/mol. The van der Waals surface area contributed by atoms with Gasteiger partial charge in [0.2, 0.25) is 0 Å². The molecule has 7 heteroatoms. The highest BCUT2D eigenvalue weighted by atomic mass is 35.5. The fraction of sp³-hybridized carbons (Fsp3) is 0.200. The van der Waals surface area contributed by atoms with Gasteiger partial charge in [-0.05, 0) is 29.8 Å². The summed E-state index contributed by atoms with van der Waals surface area (Å²) in [6, 6.07) is 15.5. The molecule has 1 aromatic heterocycles. The van der Waals surface area contributed by atoms with E-state index in [0.29, 0.717) is 13.2 Å². The molecule has 0 spiro atoms. The van der Waals surface area contributed by atoms with Gasteiger partial charge < -0.3 is 9.47 Å². The Morgan fingerprint density at radius 3 is 2.85 bits per heavy atom. The molecule has 1 aliphatic rings. The summed E-state index contributed by atoms with van der Waals surface area (Å²) >= 11 is 7.67. The largest absolute Gasteiger partial charge is 0.485 e. The van der Waals surface area contributed by atoms with E-state index >= 15 is 0 Å². The maximum atomic E-state index is 6.09. The van der Waals surface area contributed by atoms with E-state index in [1.165, 1.54) is 0 Å². The fourth-order valence-electron chi connectivity index (χ4n) is 2.87. The van der Waals surface area contributed by atoms with Crippen LogP contribution in [0.4, 0.5) is 0 Å². The molecule has 138 valence electrons. The molecule has 0 N–H and O–H groups in total. The number of ether oxygens (including phenoxy) is 2. The van der Waals surface area contributed by atoms with Gasteiger partial charge in [-0.3, -0.25) is 4.57 Å².